The zero-order chi connectivity index (χ0) is 14.0. The lowest BCUT2D eigenvalue weighted by Crippen LogP contribution is -2.47. The van der Waals surface area contributed by atoms with Crippen molar-refractivity contribution in [2.75, 3.05) is 26.7 Å². The molecule has 0 saturated heterocycles. The molecule has 0 aromatic rings. The Bertz CT molecular complexity index is 256. The highest BCUT2D eigenvalue weighted by atomic mass is 15.1. The van der Waals surface area contributed by atoms with Crippen LogP contribution in [0.25, 0.3) is 0 Å². The van der Waals surface area contributed by atoms with Crippen LogP contribution in [-0.4, -0.2) is 37.1 Å². The Kier molecular flexibility index (Phi) is 5.25. The molecular formula is C16H34N2. The van der Waals surface area contributed by atoms with Gasteiger partial charge in [-0.25, -0.2) is 0 Å². The lowest BCUT2D eigenvalue weighted by molar-refractivity contribution is 0.163. The first kappa shape index (κ1) is 16.0. The van der Waals surface area contributed by atoms with Gasteiger partial charge >= 0.3 is 0 Å². The van der Waals surface area contributed by atoms with Gasteiger partial charge in [0.2, 0.25) is 0 Å². The lowest BCUT2D eigenvalue weighted by atomic mass is 9.86. The molecular weight excluding hydrogens is 220 g/mol. The summed E-state index contributed by atoms with van der Waals surface area (Å²) in [5.41, 5.74) is 0.611. The molecule has 2 heteroatoms. The molecule has 3 unspecified atom stereocenters. The van der Waals surface area contributed by atoms with Crippen molar-refractivity contribution in [1.29, 1.82) is 0 Å². The van der Waals surface area contributed by atoms with Crippen LogP contribution in [0.4, 0.5) is 0 Å². The van der Waals surface area contributed by atoms with Crippen molar-refractivity contribution in [3.8, 4) is 0 Å². The molecule has 1 saturated carbocycles. The predicted molar refractivity (Wildman–Crippen MR) is 80.9 cm³/mol. The number of nitrogens with zero attached hydrogens (tertiary/aromatic N) is 1. The summed E-state index contributed by atoms with van der Waals surface area (Å²) in [6, 6.07) is 0. The van der Waals surface area contributed by atoms with Gasteiger partial charge in [-0.05, 0) is 57.9 Å². The number of nitrogens with one attached hydrogen (secondary N) is 1. The molecule has 108 valence electrons. The maximum atomic E-state index is 3.67. The van der Waals surface area contributed by atoms with Gasteiger partial charge in [0, 0.05) is 25.2 Å². The molecule has 0 bridgehead atoms. The second kappa shape index (κ2) is 5.92. The van der Waals surface area contributed by atoms with Gasteiger partial charge in [0.1, 0.15) is 0 Å². The van der Waals surface area contributed by atoms with E-state index in [1.807, 2.05) is 0 Å². The van der Waals surface area contributed by atoms with Gasteiger partial charge in [-0.2, -0.15) is 0 Å². The summed E-state index contributed by atoms with van der Waals surface area (Å²) >= 11 is 0. The molecule has 0 amide bonds. The molecule has 1 rings (SSSR count). The first-order valence-corrected chi connectivity index (χ1v) is 7.59. The molecule has 0 aliphatic heterocycles. The summed E-state index contributed by atoms with van der Waals surface area (Å²) in [5, 5.41) is 3.67. The topological polar surface area (TPSA) is 15.3 Å². The van der Waals surface area contributed by atoms with Crippen LogP contribution in [0, 0.1) is 17.3 Å². The minimum Gasteiger partial charge on any atom is -0.311 e. The molecule has 18 heavy (non-hydrogen) atoms. The van der Waals surface area contributed by atoms with Crippen molar-refractivity contribution in [1.82, 2.24) is 10.2 Å². The molecule has 1 aliphatic carbocycles. The smallest absolute Gasteiger partial charge is 0.00967 e. The second-order valence-corrected chi connectivity index (χ2v) is 7.94. The fourth-order valence-electron chi connectivity index (χ4n) is 2.54. The third kappa shape index (κ3) is 5.71. The third-order valence-electron chi connectivity index (χ3n) is 4.37. The maximum Gasteiger partial charge on any atom is 0.00967 e. The highest BCUT2D eigenvalue weighted by molar-refractivity contribution is 4.87. The Labute approximate surface area is 115 Å². The maximum absolute atomic E-state index is 3.67. The number of hydrogen-bond donors (Lipinski definition) is 1. The van der Waals surface area contributed by atoms with Crippen molar-refractivity contribution in [3.05, 3.63) is 0 Å². The average Bonchev–Trinajstić information content (AvgIpc) is 2.90. The van der Waals surface area contributed by atoms with Gasteiger partial charge < -0.3 is 10.2 Å². The van der Waals surface area contributed by atoms with E-state index in [-0.39, 0.29) is 5.54 Å². The molecule has 3 atom stereocenters. The van der Waals surface area contributed by atoms with Crippen LogP contribution in [0.15, 0.2) is 0 Å². The first-order valence-electron chi connectivity index (χ1n) is 7.59. The van der Waals surface area contributed by atoms with Crippen molar-refractivity contribution in [3.63, 3.8) is 0 Å². The Morgan fingerprint density at radius 3 is 2.17 bits per heavy atom. The zero-order valence-corrected chi connectivity index (χ0v) is 13.6. The van der Waals surface area contributed by atoms with E-state index in [0.29, 0.717) is 5.41 Å². The Hall–Kier alpha value is -0.0800. The SMILES string of the molecule is CCC(C)(CNC(C)(C)C)CN(C)CC1CC1C. The van der Waals surface area contributed by atoms with Crippen LogP contribution in [-0.2, 0) is 0 Å². The summed E-state index contributed by atoms with van der Waals surface area (Å²) in [6.07, 6.45) is 2.67. The Morgan fingerprint density at radius 2 is 1.78 bits per heavy atom. The van der Waals surface area contributed by atoms with Gasteiger partial charge in [-0.3, -0.25) is 0 Å². The summed E-state index contributed by atoms with van der Waals surface area (Å²) in [6.45, 7) is 17.4. The van der Waals surface area contributed by atoms with E-state index < -0.39 is 0 Å². The Balaban J connectivity index is 2.37. The number of hydrogen-bond acceptors (Lipinski definition) is 2. The van der Waals surface area contributed by atoms with E-state index >= 15 is 0 Å². The third-order valence-corrected chi connectivity index (χ3v) is 4.37. The minimum absolute atomic E-state index is 0.222. The van der Waals surface area contributed by atoms with Gasteiger partial charge in [0.05, 0.1) is 0 Å². The van der Waals surface area contributed by atoms with Crippen molar-refractivity contribution < 1.29 is 0 Å². The van der Waals surface area contributed by atoms with Crippen molar-refractivity contribution in [2.24, 2.45) is 17.3 Å². The van der Waals surface area contributed by atoms with E-state index in [4.69, 9.17) is 0 Å². The fraction of sp³-hybridized carbons (Fsp3) is 1.00. The molecule has 1 fully saturated rings. The van der Waals surface area contributed by atoms with E-state index in [1.54, 1.807) is 0 Å². The number of rotatable bonds is 7. The van der Waals surface area contributed by atoms with Gasteiger partial charge in [0.15, 0.2) is 0 Å². The molecule has 2 nitrogen and oxygen atoms in total. The molecule has 1 aliphatic rings. The summed E-state index contributed by atoms with van der Waals surface area (Å²) in [5.74, 6) is 1.93. The van der Waals surface area contributed by atoms with Crippen LogP contribution < -0.4 is 5.32 Å². The lowest BCUT2D eigenvalue weighted by Gasteiger charge is -2.36. The Morgan fingerprint density at radius 1 is 1.22 bits per heavy atom. The second-order valence-electron chi connectivity index (χ2n) is 7.94. The normalized spacial score (nSPS) is 27.3. The van der Waals surface area contributed by atoms with Crippen molar-refractivity contribution >= 4 is 0 Å². The molecule has 1 N–H and O–H groups in total. The predicted octanol–water partition coefficient (Wildman–Crippen LogP) is 3.38. The van der Waals surface area contributed by atoms with E-state index in [9.17, 15) is 0 Å². The van der Waals surface area contributed by atoms with Crippen LogP contribution >= 0.6 is 0 Å². The first-order chi connectivity index (χ1) is 8.15. The van der Waals surface area contributed by atoms with Crippen LogP contribution in [0.1, 0.15) is 54.4 Å². The highest BCUT2D eigenvalue weighted by Crippen LogP contribution is 2.38. The van der Waals surface area contributed by atoms with Gasteiger partial charge in [0.25, 0.3) is 0 Å². The van der Waals surface area contributed by atoms with Crippen LogP contribution in [0.3, 0.4) is 0 Å². The van der Waals surface area contributed by atoms with E-state index in [0.717, 1.165) is 18.4 Å². The quantitative estimate of drug-likeness (QED) is 0.749. The van der Waals surface area contributed by atoms with Crippen LogP contribution in [0.5, 0.6) is 0 Å². The molecule has 0 radical (unpaired) electrons. The molecule has 0 spiro atoms. The largest absolute Gasteiger partial charge is 0.311 e. The summed E-state index contributed by atoms with van der Waals surface area (Å²) < 4.78 is 0. The van der Waals surface area contributed by atoms with Gasteiger partial charge in [-0.15, -0.1) is 0 Å². The minimum atomic E-state index is 0.222. The van der Waals surface area contributed by atoms with Crippen LogP contribution in [0.2, 0.25) is 0 Å². The molecule has 0 aromatic heterocycles. The molecule has 0 heterocycles. The monoisotopic (exact) mass is 254 g/mol. The van der Waals surface area contributed by atoms with E-state index in [1.165, 1.54) is 25.9 Å². The zero-order valence-electron chi connectivity index (χ0n) is 13.6. The van der Waals surface area contributed by atoms with Gasteiger partial charge in [-0.1, -0.05) is 20.8 Å². The summed E-state index contributed by atoms with van der Waals surface area (Å²) in [4.78, 5) is 2.54. The standard InChI is InChI=1S/C16H34N2/c1-8-16(6,11-17-15(3,4)5)12-18(7)10-14-9-13(14)2/h13-14,17H,8-12H2,1-7H3. The average molecular weight is 254 g/mol. The molecule has 0 aromatic carbocycles. The van der Waals surface area contributed by atoms with Crippen molar-refractivity contribution in [2.45, 2.75) is 59.9 Å². The highest BCUT2D eigenvalue weighted by Gasteiger charge is 2.34. The van der Waals surface area contributed by atoms with E-state index in [2.05, 4.69) is 58.8 Å². The fourth-order valence-corrected chi connectivity index (χ4v) is 2.54. The summed E-state index contributed by atoms with van der Waals surface area (Å²) in [7, 11) is 2.29.